The third-order valence-electron chi connectivity index (χ3n) is 2.78. The second-order valence-electron chi connectivity index (χ2n) is 4.15. The number of rotatable bonds is 3. The first-order valence-electron chi connectivity index (χ1n) is 5.74. The first-order chi connectivity index (χ1) is 9.08. The Morgan fingerprint density at radius 3 is 2.89 bits per heavy atom. The first-order valence-corrected chi connectivity index (χ1v) is 6.19. The lowest BCUT2D eigenvalue weighted by Crippen LogP contribution is -2.23. The number of benzene rings is 1. The molecule has 0 saturated carbocycles. The van der Waals surface area contributed by atoms with E-state index in [4.69, 9.17) is 0 Å². The molecule has 98 valence electrons. The van der Waals surface area contributed by atoms with Crippen LogP contribution in [0.25, 0.3) is 0 Å². The third-order valence-corrected chi connectivity index (χ3v) is 3.13. The molecule has 0 atom stereocenters. The predicted octanol–water partition coefficient (Wildman–Crippen LogP) is 2.75. The average molecular weight is 276 g/mol. The van der Waals surface area contributed by atoms with Crippen molar-refractivity contribution in [2.24, 2.45) is 0 Å². The molecule has 0 aliphatic heterocycles. The number of amides is 1. The molecule has 1 heterocycles. The number of hydrogen-bond acceptors (Lipinski definition) is 3. The number of nitrogens with one attached hydrogen (secondary N) is 1. The van der Waals surface area contributed by atoms with Crippen LogP contribution in [0.3, 0.4) is 0 Å². The maximum atomic E-state index is 13.1. The van der Waals surface area contributed by atoms with Gasteiger partial charge in [0.05, 0.1) is 0 Å². The van der Waals surface area contributed by atoms with E-state index < -0.39 is 5.82 Å². The molecule has 0 saturated heterocycles. The predicted molar refractivity (Wildman–Crippen MR) is 73.8 cm³/mol. The summed E-state index contributed by atoms with van der Waals surface area (Å²) in [7, 11) is 0. The van der Waals surface area contributed by atoms with E-state index in [1.165, 1.54) is 18.2 Å². The fourth-order valence-corrected chi connectivity index (χ4v) is 1.85. The Labute approximate surface area is 116 Å². The molecule has 3 nitrogen and oxygen atoms in total. The number of aryl methyl sites for hydroxylation is 1. The summed E-state index contributed by atoms with van der Waals surface area (Å²) in [4.78, 5) is 16.1. The molecule has 0 aliphatic rings. The van der Waals surface area contributed by atoms with Gasteiger partial charge in [0.2, 0.25) is 0 Å². The van der Waals surface area contributed by atoms with E-state index in [2.05, 4.69) is 22.9 Å². The van der Waals surface area contributed by atoms with Crippen LogP contribution in [0.1, 0.15) is 21.5 Å². The van der Waals surface area contributed by atoms with Crippen molar-refractivity contribution in [2.45, 2.75) is 18.4 Å². The van der Waals surface area contributed by atoms with Crippen LogP contribution in [-0.2, 0) is 6.54 Å². The summed E-state index contributed by atoms with van der Waals surface area (Å²) in [5, 5.41) is 2.78. The highest BCUT2D eigenvalue weighted by Crippen LogP contribution is 2.14. The van der Waals surface area contributed by atoms with Gasteiger partial charge in [-0.3, -0.25) is 9.78 Å². The minimum atomic E-state index is -0.440. The zero-order chi connectivity index (χ0) is 13.8. The number of pyridine rings is 1. The summed E-state index contributed by atoms with van der Waals surface area (Å²) >= 11 is 3.95. The summed E-state index contributed by atoms with van der Waals surface area (Å²) in [6, 6.07) is 5.93. The lowest BCUT2D eigenvalue weighted by atomic mass is 10.1. The molecule has 0 radical (unpaired) electrons. The number of aromatic nitrogens is 1. The van der Waals surface area contributed by atoms with E-state index >= 15 is 0 Å². The number of thiol groups is 1. The highest BCUT2D eigenvalue weighted by Gasteiger charge is 2.08. The van der Waals surface area contributed by atoms with Crippen molar-refractivity contribution in [2.75, 3.05) is 0 Å². The zero-order valence-corrected chi connectivity index (χ0v) is 11.2. The molecular formula is C14H13FN2OS. The number of hydrogen-bond donors (Lipinski definition) is 2. The van der Waals surface area contributed by atoms with E-state index in [9.17, 15) is 9.18 Å². The van der Waals surface area contributed by atoms with E-state index in [0.717, 1.165) is 11.1 Å². The molecule has 1 aromatic heterocycles. The van der Waals surface area contributed by atoms with Crippen LogP contribution in [0, 0.1) is 12.7 Å². The van der Waals surface area contributed by atoms with Crippen LogP contribution in [0.5, 0.6) is 0 Å². The lowest BCUT2D eigenvalue weighted by Gasteiger charge is -2.08. The zero-order valence-electron chi connectivity index (χ0n) is 10.4. The van der Waals surface area contributed by atoms with Crippen molar-refractivity contribution >= 4 is 18.5 Å². The molecule has 0 unspecified atom stereocenters. The summed E-state index contributed by atoms with van der Waals surface area (Å²) in [5.74, 6) is -0.698. The fraction of sp³-hybridized carbons (Fsp3) is 0.143. The minimum Gasteiger partial charge on any atom is -0.348 e. The molecule has 0 bridgehead atoms. The Bertz CT molecular complexity index is 616. The van der Waals surface area contributed by atoms with E-state index in [1.807, 2.05) is 13.0 Å². The van der Waals surface area contributed by atoms with Gasteiger partial charge in [0.1, 0.15) is 5.82 Å². The molecule has 1 aromatic carbocycles. The molecular weight excluding hydrogens is 263 g/mol. The molecule has 2 aromatic rings. The standard InChI is InChI=1S/C14H13FN2OS/c1-9-7-16-5-4-11(9)8-17-14(18)10-2-3-12(15)13(19)6-10/h2-7,19H,8H2,1H3,(H,17,18). The Balaban J connectivity index is 2.05. The quantitative estimate of drug-likeness (QED) is 0.846. The molecule has 1 amide bonds. The van der Waals surface area contributed by atoms with E-state index in [0.29, 0.717) is 12.1 Å². The molecule has 1 N–H and O–H groups in total. The normalized spacial score (nSPS) is 10.3. The van der Waals surface area contributed by atoms with Crippen LogP contribution in [0.2, 0.25) is 0 Å². The van der Waals surface area contributed by atoms with Crippen LogP contribution in [0.15, 0.2) is 41.6 Å². The minimum absolute atomic E-state index is 0.160. The van der Waals surface area contributed by atoms with Gasteiger partial charge in [-0.1, -0.05) is 0 Å². The Morgan fingerprint density at radius 1 is 1.42 bits per heavy atom. The monoisotopic (exact) mass is 276 g/mol. The molecule has 0 fully saturated rings. The van der Waals surface area contributed by atoms with Crippen LogP contribution >= 0.6 is 12.6 Å². The largest absolute Gasteiger partial charge is 0.348 e. The molecule has 19 heavy (non-hydrogen) atoms. The van der Waals surface area contributed by atoms with E-state index in [-0.39, 0.29) is 10.8 Å². The van der Waals surface area contributed by atoms with Gasteiger partial charge in [-0.25, -0.2) is 4.39 Å². The maximum absolute atomic E-state index is 13.1. The highest BCUT2D eigenvalue weighted by molar-refractivity contribution is 7.80. The Morgan fingerprint density at radius 2 is 2.21 bits per heavy atom. The average Bonchev–Trinajstić information content (AvgIpc) is 2.40. The number of nitrogens with zero attached hydrogens (tertiary/aromatic N) is 1. The summed E-state index contributed by atoms with van der Waals surface area (Å²) in [5.41, 5.74) is 2.39. The number of halogens is 1. The van der Waals surface area contributed by atoms with Gasteiger partial charge < -0.3 is 5.32 Å². The second kappa shape index (κ2) is 5.84. The first kappa shape index (κ1) is 13.5. The van der Waals surface area contributed by atoms with Gasteiger partial charge in [0, 0.05) is 29.4 Å². The van der Waals surface area contributed by atoms with Gasteiger partial charge in [0.25, 0.3) is 5.91 Å². The summed E-state index contributed by atoms with van der Waals surface area (Å²) in [6.45, 7) is 2.34. The van der Waals surface area contributed by atoms with Crippen LogP contribution < -0.4 is 5.32 Å². The van der Waals surface area contributed by atoms with Gasteiger partial charge in [-0.15, -0.1) is 12.6 Å². The second-order valence-corrected chi connectivity index (χ2v) is 4.63. The van der Waals surface area contributed by atoms with Crippen molar-refractivity contribution in [3.05, 3.63) is 59.2 Å². The molecule has 0 aliphatic carbocycles. The van der Waals surface area contributed by atoms with Gasteiger partial charge in [-0.2, -0.15) is 0 Å². The summed E-state index contributed by atoms with van der Waals surface area (Å²) < 4.78 is 13.1. The van der Waals surface area contributed by atoms with Gasteiger partial charge >= 0.3 is 0 Å². The van der Waals surface area contributed by atoms with Crippen molar-refractivity contribution < 1.29 is 9.18 Å². The van der Waals surface area contributed by atoms with Gasteiger partial charge in [0.15, 0.2) is 0 Å². The topological polar surface area (TPSA) is 42.0 Å². The van der Waals surface area contributed by atoms with Crippen molar-refractivity contribution in [3.8, 4) is 0 Å². The summed E-state index contributed by atoms with van der Waals surface area (Å²) in [6.07, 6.45) is 3.42. The third kappa shape index (κ3) is 3.32. The highest BCUT2D eigenvalue weighted by atomic mass is 32.1. The van der Waals surface area contributed by atoms with Crippen LogP contribution in [0.4, 0.5) is 4.39 Å². The number of carbonyl (C=O) groups excluding carboxylic acids is 1. The SMILES string of the molecule is Cc1cnccc1CNC(=O)c1ccc(F)c(S)c1. The lowest BCUT2D eigenvalue weighted by molar-refractivity contribution is 0.0950. The molecule has 2 rings (SSSR count). The van der Waals surface area contributed by atoms with Crippen molar-refractivity contribution in [1.29, 1.82) is 0 Å². The smallest absolute Gasteiger partial charge is 0.251 e. The molecule has 0 spiro atoms. The Hall–Kier alpha value is -1.88. The van der Waals surface area contributed by atoms with Gasteiger partial charge in [-0.05, 0) is 42.3 Å². The molecule has 5 heteroatoms. The number of carbonyl (C=O) groups is 1. The fourth-order valence-electron chi connectivity index (χ4n) is 1.63. The Kier molecular flexibility index (Phi) is 4.16. The van der Waals surface area contributed by atoms with Crippen molar-refractivity contribution in [1.82, 2.24) is 10.3 Å². The van der Waals surface area contributed by atoms with Crippen LogP contribution in [-0.4, -0.2) is 10.9 Å². The van der Waals surface area contributed by atoms with E-state index in [1.54, 1.807) is 12.4 Å². The van der Waals surface area contributed by atoms with Crippen molar-refractivity contribution in [3.63, 3.8) is 0 Å². The maximum Gasteiger partial charge on any atom is 0.251 e.